The van der Waals surface area contributed by atoms with E-state index in [1.807, 2.05) is 60.0 Å². The number of aliphatic hydroxyl groups excluding tert-OH is 2. The molecule has 0 amide bonds. The number of aliphatic imine (C=N–C) groups is 4. The Bertz CT molecular complexity index is 2810. The second kappa shape index (κ2) is 30.6. The summed E-state index contributed by atoms with van der Waals surface area (Å²) in [6.07, 6.45) is 19.2. The third-order valence-corrected chi connectivity index (χ3v) is 17.8. The van der Waals surface area contributed by atoms with Crippen molar-refractivity contribution in [3.8, 4) is 0 Å². The van der Waals surface area contributed by atoms with Gasteiger partial charge in [-0.2, -0.15) is 21.4 Å². The third-order valence-electron chi connectivity index (χ3n) is 16.1. The topological polar surface area (TPSA) is 217 Å². The van der Waals surface area contributed by atoms with E-state index in [9.17, 15) is 36.2 Å². The lowest BCUT2D eigenvalue weighted by Crippen LogP contribution is -2.52. The zero-order chi connectivity index (χ0) is 58.6. The van der Waals surface area contributed by atoms with Gasteiger partial charge in [-0.3, -0.25) is 19.1 Å². The van der Waals surface area contributed by atoms with Gasteiger partial charge in [0, 0.05) is 92.8 Å². The van der Waals surface area contributed by atoms with E-state index < -0.39 is 31.1 Å². The Morgan fingerprint density at radius 2 is 1.31 bits per heavy atom. The van der Waals surface area contributed by atoms with E-state index in [-0.39, 0.29) is 21.6 Å². The lowest BCUT2D eigenvalue weighted by Gasteiger charge is -2.37. The quantitative estimate of drug-likeness (QED) is 0.0127. The van der Waals surface area contributed by atoms with E-state index in [0.717, 1.165) is 185 Å². The zero-order valence-corrected chi connectivity index (χ0v) is 51.5. The van der Waals surface area contributed by atoms with Gasteiger partial charge in [0.05, 0.1) is 81.8 Å². The number of quaternary nitrogens is 2. The molecule has 18 nitrogen and oxygen atoms in total. The van der Waals surface area contributed by atoms with Crippen LogP contribution in [0.15, 0.2) is 90.1 Å². The molecule has 3 heterocycles. The Morgan fingerprint density at radius 3 is 1.96 bits per heavy atom. The van der Waals surface area contributed by atoms with E-state index in [1.54, 1.807) is 24.3 Å². The normalized spacial score (nSPS) is 17.9. The number of anilines is 1. The molecule has 0 bridgehead atoms. The predicted molar refractivity (Wildman–Crippen MR) is 324 cm³/mol. The monoisotopic (exact) mass is 1150 g/mol. The molecule has 1 fully saturated rings. The first kappa shape index (κ1) is 66.2. The van der Waals surface area contributed by atoms with E-state index in [0.29, 0.717) is 39.0 Å². The first-order valence-corrected chi connectivity index (χ1v) is 32.1. The number of hydrogen-bond donors (Lipinski definition) is 4. The highest BCUT2D eigenvalue weighted by molar-refractivity contribution is 7.86. The Labute approximate surface area is 480 Å². The van der Waals surface area contributed by atoms with Crippen LogP contribution < -0.4 is 4.90 Å². The predicted octanol–water partition coefficient (Wildman–Crippen LogP) is 9.85. The van der Waals surface area contributed by atoms with Gasteiger partial charge in [-0.25, -0.2) is 9.98 Å². The Hall–Kier alpha value is -4.63. The van der Waals surface area contributed by atoms with Crippen molar-refractivity contribution in [2.45, 2.75) is 145 Å². The Balaban J connectivity index is 1.14. The summed E-state index contributed by atoms with van der Waals surface area (Å²) in [6, 6.07) is 12.4. The third kappa shape index (κ3) is 20.4. The molecule has 0 radical (unpaired) electrons. The van der Waals surface area contributed by atoms with Crippen LogP contribution in [-0.2, 0) is 35.8 Å². The maximum Gasteiger partial charge on any atom is 0.294 e. The lowest BCUT2D eigenvalue weighted by atomic mass is 9.81. The molecule has 0 saturated carbocycles. The summed E-state index contributed by atoms with van der Waals surface area (Å²) in [6.45, 7) is 20.1. The van der Waals surface area contributed by atoms with Gasteiger partial charge in [0.1, 0.15) is 19.6 Å². The minimum atomic E-state index is -4.46. The Kier molecular flexibility index (Phi) is 25.3. The van der Waals surface area contributed by atoms with Crippen molar-refractivity contribution < 1.29 is 54.4 Å². The number of rotatable bonds is 35. The summed E-state index contributed by atoms with van der Waals surface area (Å²) in [4.78, 5) is 21.5. The molecule has 2 aromatic carbocycles. The fourth-order valence-corrected chi connectivity index (χ4v) is 12.2. The number of fused-ring (bicyclic) bond motifs is 2. The SMILES string of the molecule is CN(C)CCCN=C(O)CCCCC[N+]1=C(/C=C/C=C2\N(CCCCCC(O)=NCCC[N+](C)(C)CCCCCCN=C=NCCC[N+]3(C)CCOCC3)c3ccc(S(=O)(=O)O)cc3C2(C)C)C(C)(C)c2cc(S(=O)(=O)O)ccc21. The Morgan fingerprint density at radius 1 is 0.738 bits per heavy atom. The standard InChI is InChI=1S/C60H95N9O9S2/c1-59(2)51-46-49(79(72,73)74)28-30-53(51)66(37-17-12-14-26-57(70)63-34-21-36-65(5)6)55(59)24-20-25-56-60(3,4)52-47-50(80(75,76)77)29-31-54(52)67(56)38-18-13-15-27-58(71)64-35-23-40-68(7,8)39-19-11-10-16-32-61-48-62-33-22-41-69(9)42-44-78-45-43-69/h20,24-25,28-31,46-47H,10-19,21-23,26-27,32-45H2,1-9H3,(H-3,63,64,70,71,72,73,74,75,76,77)/p+3. The molecule has 3 aliphatic rings. The molecule has 0 spiro atoms. The van der Waals surface area contributed by atoms with Crippen LogP contribution in [0.1, 0.15) is 135 Å². The average molecular weight is 1150 g/mol. The van der Waals surface area contributed by atoms with Crippen LogP contribution in [0.2, 0.25) is 0 Å². The summed E-state index contributed by atoms with van der Waals surface area (Å²) in [7, 11) is 1.93. The number of nitrogens with zero attached hydrogens (tertiary/aromatic N) is 9. The van der Waals surface area contributed by atoms with Crippen molar-refractivity contribution in [1.29, 1.82) is 0 Å². The summed E-state index contributed by atoms with van der Waals surface area (Å²) in [5, 5.41) is 21.2. The smallest absolute Gasteiger partial charge is 0.294 e. The van der Waals surface area contributed by atoms with Crippen molar-refractivity contribution in [2.24, 2.45) is 20.0 Å². The molecule has 5 rings (SSSR count). The largest absolute Gasteiger partial charge is 0.497 e. The second-order valence-corrected chi connectivity index (χ2v) is 27.1. The van der Waals surface area contributed by atoms with Crippen molar-refractivity contribution in [3.05, 3.63) is 71.5 Å². The maximum absolute atomic E-state index is 12.4. The van der Waals surface area contributed by atoms with Crippen LogP contribution in [0.3, 0.4) is 0 Å². The van der Waals surface area contributed by atoms with Crippen molar-refractivity contribution in [2.75, 3.05) is 132 Å². The molecule has 0 aliphatic carbocycles. The number of benzene rings is 2. The maximum atomic E-state index is 12.4. The van der Waals surface area contributed by atoms with Gasteiger partial charge in [0.25, 0.3) is 20.2 Å². The van der Waals surface area contributed by atoms with Crippen LogP contribution in [-0.4, -0.2) is 205 Å². The van der Waals surface area contributed by atoms with Gasteiger partial charge in [0.15, 0.2) is 17.5 Å². The van der Waals surface area contributed by atoms with E-state index in [2.05, 4.69) is 61.5 Å². The first-order valence-electron chi connectivity index (χ1n) is 29.2. The first-order chi connectivity index (χ1) is 37.7. The average Bonchev–Trinajstić information content (AvgIpc) is 3.73. The van der Waals surface area contributed by atoms with Gasteiger partial charge in [-0.1, -0.05) is 32.8 Å². The van der Waals surface area contributed by atoms with Crippen molar-refractivity contribution >= 4 is 55.1 Å². The molecule has 20 heteroatoms. The van der Waals surface area contributed by atoms with Gasteiger partial charge < -0.3 is 33.7 Å². The van der Waals surface area contributed by atoms with E-state index in [4.69, 9.17) is 4.74 Å². The molecule has 2 aromatic rings. The molecule has 0 unspecified atom stereocenters. The summed E-state index contributed by atoms with van der Waals surface area (Å²) in [5.41, 5.74) is 3.81. The second-order valence-electron chi connectivity index (χ2n) is 24.3. The molecule has 1 saturated heterocycles. The fraction of sp³-hybridized carbons (Fsp3) is 0.667. The number of ether oxygens (including phenoxy) is 1. The number of likely N-dealkylation sites (N-methyl/N-ethyl adjacent to an activating group) is 1. The number of aliphatic hydroxyl groups is 2. The number of morpholine rings is 1. The number of unbranched alkanes of at least 4 members (excludes halogenated alkanes) is 7. The minimum Gasteiger partial charge on any atom is -0.497 e. The minimum absolute atomic E-state index is 0.168. The van der Waals surface area contributed by atoms with Crippen LogP contribution in [0.5, 0.6) is 0 Å². The highest BCUT2D eigenvalue weighted by Crippen LogP contribution is 2.49. The molecule has 80 heavy (non-hydrogen) atoms. The van der Waals surface area contributed by atoms with Crippen molar-refractivity contribution in [1.82, 2.24) is 4.90 Å². The molecule has 0 aromatic heterocycles. The van der Waals surface area contributed by atoms with Crippen LogP contribution in [0, 0.1) is 0 Å². The zero-order valence-electron chi connectivity index (χ0n) is 49.9. The molecule has 446 valence electrons. The van der Waals surface area contributed by atoms with E-state index in [1.165, 1.54) is 18.6 Å². The van der Waals surface area contributed by atoms with Gasteiger partial charge >= 0.3 is 0 Å². The number of hydrogen-bond acceptors (Lipinski definition) is 11. The van der Waals surface area contributed by atoms with Crippen LogP contribution >= 0.6 is 0 Å². The summed E-state index contributed by atoms with van der Waals surface area (Å²) >= 11 is 0. The van der Waals surface area contributed by atoms with Crippen LogP contribution in [0.4, 0.5) is 11.4 Å². The molecule has 4 N–H and O–H groups in total. The molecule has 3 aliphatic heterocycles. The lowest BCUT2D eigenvalue weighted by molar-refractivity contribution is -0.916. The van der Waals surface area contributed by atoms with Gasteiger partial charge in [-0.15, -0.1) is 0 Å². The highest BCUT2D eigenvalue weighted by Gasteiger charge is 2.45. The fourth-order valence-electron chi connectivity index (χ4n) is 11.1. The van der Waals surface area contributed by atoms with Crippen LogP contribution in [0.25, 0.3) is 0 Å². The van der Waals surface area contributed by atoms with Gasteiger partial charge in [-0.05, 0) is 128 Å². The van der Waals surface area contributed by atoms with Gasteiger partial charge in [0.2, 0.25) is 5.69 Å². The summed E-state index contributed by atoms with van der Waals surface area (Å²) < 4.78 is 79.1. The number of allylic oxidation sites excluding steroid dienone is 4. The summed E-state index contributed by atoms with van der Waals surface area (Å²) in [5.74, 6) is 0.345. The highest BCUT2D eigenvalue weighted by atomic mass is 32.2. The van der Waals surface area contributed by atoms with Crippen molar-refractivity contribution in [3.63, 3.8) is 0 Å². The van der Waals surface area contributed by atoms with E-state index >= 15 is 0 Å². The molecule has 0 atom stereocenters. The molecular formula is C60H98N9O9S2+3. The molecular weight excluding hydrogens is 1050 g/mol.